The van der Waals surface area contributed by atoms with Gasteiger partial charge in [-0.15, -0.1) is 0 Å². The van der Waals surface area contributed by atoms with Crippen molar-refractivity contribution in [1.29, 1.82) is 0 Å². The maximum Gasteiger partial charge on any atom is 0.243 e. The number of benzene rings is 1. The number of hydrogen-bond donors (Lipinski definition) is 1. The number of rotatable bonds is 2. The molecule has 2 heterocycles. The second kappa shape index (κ2) is 5.44. The van der Waals surface area contributed by atoms with E-state index >= 15 is 0 Å². The Morgan fingerprint density at radius 2 is 1.85 bits per heavy atom. The molecule has 3 rings (SSSR count). The van der Waals surface area contributed by atoms with E-state index in [9.17, 15) is 8.42 Å². The fraction of sp³-hybridized carbons (Fsp3) is 0.571. The first-order valence-corrected chi connectivity index (χ1v) is 8.52. The summed E-state index contributed by atoms with van der Waals surface area (Å²) in [5.41, 5.74) is 2.38. The Bertz CT molecular complexity index is 592. The van der Waals surface area contributed by atoms with Gasteiger partial charge in [-0.2, -0.15) is 4.31 Å². The van der Waals surface area contributed by atoms with Crippen molar-refractivity contribution >= 4 is 10.0 Å². The molecule has 5 nitrogen and oxygen atoms in total. The van der Waals surface area contributed by atoms with Crippen LogP contribution < -0.4 is 5.32 Å². The van der Waals surface area contributed by atoms with Gasteiger partial charge in [0.2, 0.25) is 10.0 Å². The molecule has 0 amide bonds. The highest BCUT2D eigenvalue weighted by molar-refractivity contribution is 7.89. The van der Waals surface area contributed by atoms with Crippen LogP contribution in [0.15, 0.2) is 23.1 Å². The predicted octanol–water partition coefficient (Wildman–Crippen LogP) is 0.268. The third kappa shape index (κ3) is 2.61. The number of nitrogens with zero attached hydrogens (tertiary/aromatic N) is 2. The average molecular weight is 295 g/mol. The van der Waals surface area contributed by atoms with Crippen molar-refractivity contribution in [3.63, 3.8) is 0 Å². The minimum atomic E-state index is -3.34. The van der Waals surface area contributed by atoms with Gasteiger partial charge in [0.15, 0.2) is 0 Å². The Kier molecular flexibility index (Phi) is 3.81. The van der Waals surface area contributed by atoms with E-state index in [0.717, 1.165) is 38.2 Å². The average Bonchev–Trinajstić information content (AvgIpc) is 2.47. The molecule has 0 unspecified atom stereocenters. The van der Waals surface area contributed by atoms with Crippen LogP contribution in [0.1, 0.15) is 11.1 Å². The first-order valence-electron chi connectivity index (χ1n) is 7.08. The molecule has 1 aromatic carbocycles. The Hall–Kier alpha value is -0.950. The van der Waals surface area contributed by atoms with Gasteiger partial charge < -0.3 is 10.2 Å². The lowest BCUT2D eigenvalue weighted by atomic mass is 10.0. The largest absolute Gasteiger partial charge is 0.312 e. The lowest BCUT2D eigenvalue weighted by Gasteiger charge is -2.31. The van der Waals surface area contributed by atoms with E-state index in [4.69, 9.17) is 0 Å². The highest BCUT2D eigenvalue weighted by Crippen LogP contribution is 2.22. The van der Waals surface area contributed by atoms with Crippen molar-refractivity contribution < 1.29 is 8.42 Å². The zero-order chi connectivity index (χ0) is 14.2. The van der Waals surface area contributed by atoms with Gasteiger partial charge in [0, 0.05) is 32.7 Å². The van der Waals surface area contributed by atoms with Gasteiger partial charge in [0.1, 0.15) is 0 Å². The molecule has 0 radical (unpaired) electrons. The van der Waals surface area contributed by atoms with E-state index in [-0.39, 0.29) is 0 Å². The lowest BCUT2D eigenvalue weighted by Crippen LogP contribution is -2.47. The minimum Gasteiger partial charge on any atom is -0.312 e. The molecule has 2 aliphatic rings. The molecule has 1 saturated heterocycles. The van der Waals surface area contributed by atoms with Gasteiger partial charge in [-0.05, 0) is 43.3 Å². The molecule has 0 spiro atoms. The van der Waals surface area contributed by atoms with Crippen molar-refractivity contribution in [3.8, 4) is 0 Å². The van der Waals surface area contributed by atoms with Crippen LogP contribution in [-0.2, 0) is 23.0 Å². The van der Waals surface area contributed by atoms with Crippen molar-refractivity contribution in [1.82, 2.24) is 14.5 Å². The number of piperazine rings is 1. The maximum absolute atomic E-state index is 12.7. The zero-order valence-corrected chi connectivity index (χ0v) is 12.6. The fourth-order valence-electron chi connectivity index (χ4n) is 2.79. The van der Waals surface area contributed by atoms with Crippen LogP contribution in [0.5, 0.6) is 0 Å². The number of fused-ring (bicyclic) bond motifs is 1. The van der Waals surface area contributed by atoms with Gasteiger partial charge in [-0.3, -0.25) is 0 Å². The van der Waals surface area contributed by atoms with Gasteiger partial charge in [-0.25, -0.2) is 8.42 Å². The zero-order valence-electron chi connectivity index (χ0n) is 11.8. The molecule has 0 bridgehead atoms. The highest BCUT2D eigenvalue weighted by Gasteiger charge is 2.28. The summed E-state index contributed by atoms with van der Waals surface area (Å²) in [4.78, 5) is 2.59. The van der Waals surface area contributed by atoms with E-state index < -0.39 is 10.0 Å². The van der Waals surface area contributed by atoms with E-state index in [0.29, 0.717) is 18.0 Å². The topological polar surface area (TPSA) is 52.7 Å². The molecule has 6 heteroatoms. The van der Waals surface area contributed by atoms with Crippen LogP contribution in [0.2, 0.25) is 0 Å². The van der Waals surface area contributed by atoms with E-state index in [1.54, 1.807) is 10.4 Å². The van der Waals surface area contributed by atoms with Crippen molar-refractivity contribution in [2.75, 3.05) is 39.8 Å². The second-order valence-corrected chi connectivity index (χ2v) is 7.50. The molecule has 1 aromatic rings. The van der Waals surface area contributed by atoms with E-state index in [1.807, 2.05) is 19.2 Å². The van der Waals surface area contributed by atoms with Crippen LogP contribution in [-0.4, -0.2) is 57.4 Å². The summed E-state index contributed by atoms with van der Waals surface area (Å²) >= 11 is 0. The Balaban J connectivity index is 1.87. The summed E-state index contributed by atoms with van der Waals surface area (Å²) < 4.78 is 26.9. The third-order valence-corrected chi connectivity index (χ3v) is 6.06. The molecule has 1 N–H and O–H groups in total. The van der Waals surface area contributed by atoms with Crippen LogP contribution >= 0.6 is 0 Å². The first-order chi connectivity index (χ1) is 9.57. The van der Waals surface area contributed by atoms with Crippen LogP contribution in [0, 0.1) is 0 Å². The van der Waals surface area contributed by atoms with Gasteiger partial charge in [0.25, 0.3) is 0 Å². The summed E-state index contributed by atoms with van der Waals surface area (Å²) in [6, 6.07) is 5.58. The normalized spacial score (nSPS) is 21.6. The number of sulfonamides is 1. The number of hydrogen-bond acceptors (Lipinski definition) is 4. The lowest BCUT2D eigenvalue weighted by molar-refractivity contribution is 0.222. The van der Waals surface area contributed by atoms with Crippen molar-refractivity contribution in [2.24, 2.45) is 0 Å². The monoisotopic (exact) mass is 295 g/mol. The van der Waals surface area contributed by atoms with Crippen LogP contribution in [0.3, 0.4) is 0 Å². The van der Waals surface area contributed by atoms with Gasteiger partial charge >= 0.3 is 0 Å². The number of likely N-dealkylation sites (N-methyl/N-ethyl adjacent to an activating group) is 1. The minimum absolute atomic E-state index is 0.435. The molecular formula is C14H21N3O2S. The highest BCUT2D eigenvalue weighted by atomic mass is 32.2. The Morgan fingerprint density at radius 3 is 2.60 bits per heavy atom. The van der Waals surface area contributed by atoms with E-state index in [1.165, 1.54) is 5.56 Å². The molecular weight excluding hydrogens is 274 g/mol. The molecule has 110 valence electrons. The summed E-state index contributed by atoms with van der Waals surface area (Å²) in [6.45, 7) is 4.48. The quantitative estimate of drug-likeness (QED) is 0.851. The number of nitrogens with one attached hydrogen (secondary N) is 1. The smallest absolute Gasteiger partial charge is 0.243 e. The summed E-state index contributed by atoms with van der Waals surface area (Å²) in [5.74, 6) is 0. The van der Waals surface area contributed by atoms with Crippen LogP contribution in [0.25, 0.3) is 0 Å². The predicted molar refractivity (Wildman–Crippen MR) is 78.1 cm³/mol. The van der Waals surface area contributed by atoms with Crippen molar-refractivity contribution in [3.05, 3.63) is 29.3 Å². The SMILES string of the molecule is CN1CCN(S(=O)(=O)c2ccc3c(c2)CNCC3)CC1. The molecule has 0 atom stereocenters. The summed E-state index contributed by atoms with van der Waals surface area (Å²) in [7, 11) is -1.32. The van der Waals surface area contributed by atoms with Crippen molar-refractivity contribution in [2.45, 2.75) is 17.9 Å². The molecule has 20 heavy (non-hydrogen) atoms. The van der Waals surface area contributed by atoms with Gasteiger partial charge in [-0.1, -0.05) is 6.07 Å². The van der Waals surface area contributed by atoms with Crippen LogP contribution in [0.4, 0.5) is 0 Å². The molecule has 0 aromatic heterocycles. The van der Waals surface area contributed by atoms with Gasteiger partial charge in [0.05, 0.1) is 4.90 Å². The molecule has 0 aliphatic carbocycles. The second-order valence-electron chi connectivity index (χ2n) is 5.56. The third-order valence-electron chi connectivity index (χ3n) is 4.16. The Labute approximate surface area is 120 Å². The van der Waals surface area contributed by atoms with E-state index in [2.05, 4.69) is 10.2 Å². The fourth-order valence-corrected chi connectivity index (χ4v) is 4.27. The maximum atomic E-state index is 12.7. The molecule has 0 saturated carbocycles. The Morgan fingerprint density at radius 1 is 1.10 bits per heavy atom. The first kappa shape index (κ1) is 14.0. The standard InChI is InChI=1S/C14H21N3O2S/c1-16-6-8-17(9-7-16)20(18,19)14-3-2-12-4-5-15-11-13(12)10-14/h2-3,10,15H,4-9,11H2,1H3. The molecule has 2 aliphatic heterocycles. The summed E-state index contributed by atoms with van der Waals surface area (Å²) in [6.07, 6.45) is 0.976. The molecule has 1 fully saturated rings. The summed E-state index contributed by atoms with van der Waals surface area (Å²) in [5, 5.41) is 3.29.